The highest BCUT2D eigenvalue weighted by Crippen LogP contribution is 2.26. The van der Waals surface area contributed by atoms with Crippen LogP contribution in [0, 0.1) is 5.92 Å². The van der Waals surface area contributed by atoms with Gasteiger partial charge in [0.15, 0.2) is 0 Å². The van der Waals surface area contributed by atoms with Gasteiger partial charge in [-0.05, 0) is 49.1 Å². The molecule has 0 spiro atoms. The SMILES string of the molecule is CCC[C@H](S)C(=O)N[C@H]1C[C@@H](CCc2ccccc2)CCN([C@@H](Cc2ccccc2)C(=O)NC)C1=O. The molecule has 2 N–H and O–H groups in total. The Bertz CT molecular complexity index is 986. The maximum absolute atomic E-state index is 13.8. The molecular formula is C29H39N3O3S. The van der Waals surface area contributed by atoms with E-state index in [-0.39, 0.29) is 23.6 Å². The highest BCUT2D eigenvalue weighted by molar-refractivity contribution is 7.81. The summed E-state index contributed by atoms with van der Waals surface area (Å²) in [4.78, 5) is 41.4. The van der Waals surface area contributed by atoms with Crippen LogP contribution in [-0.2, 0) is 27.2 Å². The zero-order valence-corrected chi connectivity index (χ0v) is 22.3. The molecule has 0 unspecified atom stereocenters. The Morgan fingerprint density at radius 1 is 1.03 bits per heavy atom. The normalized spacial score (nSPS) is 19.8. The van der Waals surface area contributed by atoms with Crippen molar-refractivity contribution in [2.24, 2.45) is 5.92 Å². The van der Waals surface area contributed by atoms with Gasteiger partial charge in [-0.3, -0.25) is 14.4 Å². The van der Waals surface area contributed by atoms with Crippen LogP contribution in [0.2, 0.25) is 0 Å². The number of amides is 3. The molecule has 1 aliphatic rings. The van der Waals surface area contributed by atoms with Gasteiger partial charge in [0.25, 0.3) is 0 Å². The molecule has 1 fully saturated rings. The molecule has 0 radical (unpaired) electrons. The standard InChI is InChI=1S/C29H39N3O3S/c1-3-10-26(36)28(34)31-24-19-23(16-15-21-11-6-4-7-12-21)17-18-32(29(24)35)25(27(33)30-2)20-22-13-8-5-9-14-22/h4-9,11-14,23-26,36H,3,10,15-20H2,1-2H3,(H,30,33)(H,31,34)/t23-,24-,25-,26-/m0/s1. The number of hydrogen-bond donors (Lipinski definition) is 3. The number of nitrogens with one attached hydrogen (secondary N) is 2. The summed E-state index contributed by atoms with van der Waals surface area (Å²) < 4.78 is 0. The lowest BCUT2D eigenvalue weighted by atomic mass is 9.91. The van der Waals surface area contributed by atoms with Gasteiger partial charge in [0, 0.05) is 20.0 Å². The van der Waals surface area contributed by atoms with Crippen molar-refractivity contribution >= 4 is 30.4 Å². The van der Waals surface area contributed by atoms with E-state index in [1.54, 1.807) is 11.9 Å². The van der Waals surface area contributed by atoms with Gasteiger partial charge in [0.2, 0.25) is 17.7 Å². The van der Waals surface area contributed by atoms with E-state index in [9.17, 15) is 14.4 Å². The van der Waals surface area contributed by atoms with Crippen LogP contribution in [0.3, 0.4) is 0 Å². The molecule has 1 heterocycles. The van der Waals surface area contributed by atoms with E-state index in [1.165, 1.54) is 5.56 Å². The van der Waals surface area contributed by atoms with Crippen LogP contribution in [0.1, 0.15) is 50.2 Å². The first kappa shape index (κ1) is 27.8. The topological polar surface area (TPSA) is 78.5 Å². The summed E-state index contributed by atoms with van der Waals surface area (Å²) in [6, 6.07) is 18.7. The van der Waals surface area contributed by atoms with Gasteiger partial charge in [-0.15, -0.1) is 0 Å². The van der Waals surface area contributed by atoms with Crippen LogP contribution in [0.5, 0.6) is 0 Å². The monoisotopic (exact) mass is 509 g/mol. The third kappa shape index (κ3) is 7.85. The van der Waals surface area contributed by atoms with Gasteiger partial charge in [-0.25, -0.2) is 0 Å². The van der Waals surface area contributed by atoms with E-state index in [0.29, 0.717) is 25.8 Å². The van der Waals surface area contributed by atoms with Crippen molar-refractivity contribution in [3.63, 3.8) is 0 Å². The van der Waals surface area contributed by atoms with Crippen LogP contribution in [0.4, 0.5) is 0 Å². The Balaban J connectivity index is 1.83. The number of rotatable bonds is 11. The van der Waals surface area contributed by atoms with Crippen molar-refractivity contribution in [1.82, 2.24) is 15.5 Å². The van der Waals surface area contributed by atoms with E-state index >= 15 is 0 Å². The third-order valence-corrected chi connectivity index (χ3v) is 7.48. The highest BCUT2D eigenvalue weighted by Gasteiger charge is 2.38. The van der Waals surface area contributed by atoms with E-state index in [4.69, 9.17) is 0 Å². The van der Waals surface area contributed by atoms with Crippen LogP contribution < -0.4 is 10.6 Å². The molecule has 194 valence electrons. The first-order valence-corrected chi connectivity index (χ1v) is 13.5. The summed E-state index contributed by atoms with van der Waals surface area (Å²) in [5.41, 5.74) is 2.25. The molecule has 0 bridgehead atoms. The second kappa shape index (κ2) is 14.1. The summed E-state index contributed by atoms with van der Waals surface area (Å²) in [6.45, 7) is 2.49. The van der Waals surface area contributed by atoms with Gasteiger partial charge in [-0.2, -0.15) is 12.6 Å². The molecule has 0 aromatic heterocycles. The summed E-state index contributed by atoms with van der Waals surface area (Å²) in [5.74, 6) is -0.358. The first-order chi connectivity index (χ1) is 17.4. The number of likely N-dealkylation sites (tertiary alicyclic amines) is 1. The maximum Gasteiger partial charge on any atom is 0.245 e. The maximum atomic E-state index is 13.8. The number of nitrogens with zero attached hydrogens (tertiary/aromatic N) is 1. The fourth-order valence-electron chi connectivity index (χ4n) is 4.91. The third-order valence-electron chi connectivity index (χ3n) is 6.99. The quantitative estimate of drug-likeness (QED) is 0.403. The number of carbonyl (C=O) groups excluding carboxylic acids is 3. The van der Waals surface area contributed by atoms with Crippen LogP contribution in [-0.4, -0.2) is 53.5 Å². The van der Waals surface area contributed by atoms with Crippen molar-refractivity contribution in [3.05, 3.63) is 71.8 Å². The molecule has 1 saturated heterocycles. The summed E-state index contributed by atoms with van der Waals surface area (Å²) >= 11 is 4.45. The van der Waals surface area contributed by atoms with Gasteiger partial charge in [0.1, 0.15) is 12.1 Å². The molecule has 4 atom stereocenters. The molecule has 36 heavy (non-hydrogen) atoms. The van der Waals surface area contributed by atoms with E-state index in [2.05, 4.69) is 35.4 Å². The highest BCUT2D eigenvalue weighted by atomic mass is 32.1. The molecule has 6 nitrogen and oxygen atoms in total. The first-order valence-electron chi connectivity index (χ1n) is 13.0. The van der Waals surface area contributed by atoms with Crippen molar-refractivity contribution in [1.29, 1.82) is 0 Å². The molecule has 7 heteroatoms. The zero-order valence-electron chi connectivity index (χ0n) is 21.4. The molecule has 2 aromatic carbocycles. The molecule has 3 amide bonds. The fraction of sp³-hybridized carbons (Fsp3) is 0.483. The lowest BCUT2D eigenvalue weighted by molar-refractivity contribution is -0.142. The molecule has 2 aromatic rings. The fourth-order valence-corrected chi connectivity index (χ4v) is 5.25. The molecular weight excluding hydrogens is 470 g/mol. The summed E-state index contributed by atoms with van der Waals surface area (Å²) in [7, 11) is 1.60. The Hall–Kier alpha value is -2.80. The second-order valence-corrected chi connectivity index (χ2v) is 10.3. The van der Waals surface area contributed by atoms with Crippen LogP contribution in [0.25, 0.3) is 0 Å². The number of aryl methyl sites for hydroxylation is 1. The average molecular weight is 510 g/mol. The van der Waals surface area contributed by atoms with Gasteiger partial charge < -0.3 is 15.5 Å². The molecule has 0 saturated carbocycles. The summed E-state index contributed by atoms with van der Waals surface area (Å²) in [5, 5.41) is 5.27. The number of hydrogen-bond acceptors (Lipinski definition) is 4. The Morgan fingerprint density at radius 2 is 1.67 bits per heavy atom. The second-order valence-electron chi connectivity index (χ2n) is 9.63. The minimum atomic E-state index is -0.671. The van der Waals surface area contributed by atoms with Gasteiger partial charge in [-0.1, -0.05) is 74.0 Å². The Morgan fingerprint density at radius 3 is 2.28 bits per heavy atom. The largest absolute Gasteiger partial charge is 0.357 e. The zero-order chi connectivity index (χ0) is 25.9. The lowest BCUT2D eigenvalue weighted by Gasteiger charge is -2.32. The number of likely N-dealkylation sites (N-methyl/N-ethyl adjacent to an activating group) is 1. The molecule has 1 aliphatic heterocycles. The number of thiol groups is 1. The molecule has 0 aliphatic carbocycles. The Labute approximate surface area is 220 Å². The van der Waals surface area contributed by atoms with Crippen LogP contribution in [0.15, 0.2) is 60.7 Å². The number of carbonyl (C=O) groups is 3. The average Bonchev–Trinajstić information content (AvgIpc) is 3.05. The predicted octanol–water partition coefficient (Wildman–Crippen LogP) is 3.80. The summed E-state index contributed by atoms with van der Waals surface area (Å²) in [6.07, 6.45) is 5.08. The van der Waals surface area contributed by atoms with Gasteiger partial charge >= 0.3 is 0 Å². The Kier molecular flexibility index (Phi) is 10.9. The minimum Gasteiger partial charge on any atom is -0.357 e. The van der Waals surface area contributed by atoms with Crippen molar-refractivity contribution in [3.8, 4) is 0 Å². The minimum absolute atomic E-state index is 0.188. The van der Waals surface area contributed by atoms with Crippen molar-refractivity contribution < 1.29 is 14.4 Å². The van der Waals surface area contributed by atoms with Crippen LogP contribution >= 0.6 is 12.6 Å². The van der Waals surface area contributed by atoms with E-state index < -0.39 is 17.3 Å². The molecule has 3 rings (SSSR count). The number of benzene rings is 2. The van der Waals surface area contributed by atoms with Gasteiger partial charge in [0.05, 0.1) is 5.25 Å². The smallest absolute Gasteiger partial charge is 0.245 e. The predicted molar refractivity (Wildman–Crippen MR) is 147 cm³/mol. The van der Waals surface area contributed by atoms with E-state index in [1.807, 2.05) is 55.5 Å². The van der Waals surface area contributed by atoms with E-state index in [0.717, 1.165) is 31.2 Å². The lowest BCUT2D eigenvalue weighted by Crippen LogP contribution is -2.56. The van der Waals surface area contributed by atoms with Crippen molar-refractivity contribution in [2.75, 3.05) is 13.6 Å². The van der Waals surface area contributed by atoms with Crippen molar-refractivity contribution in [2.45, 2.75) is 69.2 Å².